The molecule has 0 bridgehead atoms. The van der Waals surface area contributed by atoms with Crippen LogP contribution in [0, 0.1) is 11.6 Å². The summed E-state index contributed by atoms with van der Waals surface area (Å²) in [5.74, 6) is -1.30. The first kappa shape index (κ1) is 14.9. The molecule has 0 aliphatic heterocycles. The summed E-state index contributed by atoms with van der Waals surface area (Å²) in [6.45, 7) is -0.00700. The standard InChI is InChI=1S/C12H12BrF2N3O2/c13-12-16-11(17-18-12)10(2-1-5-19)20-7-3-4-8(14)9(15)6-7/h3-4,6,10,19H,1-2,5H2,(H,16,17,18). The zero-order valence-electron chi connectivity index (χ0n) is 10.3. The topological polar surface area (TPSA) is 71.0 Å². The predicted molar refractivity (Wildman–Crippen MR) is 70.1 cm³/mol. The van der Waals surface area contributed by atoms with Crippen LogP contribution in [0.5, 0.6) is 5.75 Å². The number of rotatable bonds is 6. The third kappa shape index (κ3) is 3.73. The number of benzene rings is 1. The molecule has 1 heterocycles. The first-order valence-electron chi connectivity index (χ1n) is 5.90. The molecule has 0 saturated carbocycles. The summed E-state index contributed by atoms with van der Waals surface area (Å²) in [6, 6.07) is 3.28. The number of ether oxygens (including phenoxy) is 1. The van der Waals surface area contributed by atoms with E-state index in [1.165, 1.54) is 6.07 Å². The summed E-state index contributed by atoms with van der Waals surface area (Å²) in [5.41, 5.74) is 0. The average Bonchev–Trinajstić information content (AvgIpc) is 2.85. The Morgan fingerprint density at radius 3 is 2.75 bits per heavy atom. The van der Waals surface area contributed by atoms with Crippen LogP contribution in [0.15, 0.2) is 22.9 Å². The number of aliphatic hydroxyl groups is 1. The molecular weight excluding hydrogens is 336 g/mol. The van der Waals surface area contributed by atoms with Crippen molar-refractivity contribution in [2.24, 2.45) is 0 Å². The molecule has 0 radical (unpaired) electrons. The Balaban J connectivity index is 2.16. The minimum absolute atomic E-state index is 0.00700. The highest BCUT2D eigenvalue weighted by molar-refractivity contribution is 9.10. The van der Waals surface area contributed by atoms with Crippen LogP contribution in [0.3, 0.4) is 0 Å². The van der Waals surface area contributed by atoms with Crippen LogP contribution >= 0.6 is 15.9 Å². The zero-order chi connectivity index (χ0) is 14.5. The van der Waals surface area contributed by atoms with Gasteiger partial charge in [0, 0.05) is 12.7 Å². The number of halogens is 3. The molecule has 2 N–H and O–H groups in total. The number of aromatic nitrogens is 3. The monoisotopic (exact) mass is 347 g/mol. The number of aromatic amines is 1. The Bertz CT molecular complexity index is 580. The third-order valence-corrected chi connectivity index (χ3v) is 2.93. The molecule has 1 aromatic carbocycles. The van der Waals surface area contributed by atoms with Crippen molar-refractivity contribution < 1.29 is 18.6 Å². The van der Waals surface area contributed by atoms with E-state index in [1.807, 2.05) is 0 Å². The minimum atomic E-state index is -0.984. The molecule has 8 heteroatoms. The number of H-pyrrole nitrogens is 1. The molecule has 2 aromatic rings. The molecule has 0 saturated heterocycles. The van der Waals surface area contributed by atoms with Gasteiger partial charge in [-0.25, -0.2) is 13.8 Å². The predicted octanol–water partition coefficient (Wildman–Crippen LogP) is 2.74. The van der Waals surface area contributed by atoms with Crippen molar-refractivity contribution in [1.82, 2.24) is 15.2 Å². The van der Waals surface area contributed by atoms with Gasteiger partial charge in [-0.05, 0) is 40.9 Å². The SMILES string of the molecule is OCCCC(Oc1ccc(F)c(F)c1)c1nc(Br)n[nH]1. The van der Waals surface area contributed by atoms with E-state index >= 15 is 0 Å². The van der Waals surface area contributed by atoms with E-state index < -0.39 is 17.7 Å². The van der Waals surface area contributed by atoms with Crippen molar-refractivity contribution in [2.75, 3.05) is 6.61 Å². The fraction of sp³-hybridized carbons (Fsp3) is 0.333. The van der Waals surface area contributed by atoms with Gasteiger partial charge in [-0.3, -0.25) is 5.10 Å². The number of hydrogen-bond acceptors (Lipinski definition) is 4. The van der Waals surface area contributed by atoms with Gasteiger partial charge in [-0.15, -0.1) is 5.10 Å². The van der Waals surface area contributed by atoms with Crippen molar-refractivity contribution in [1.29, 1.82) is 0 Å². The largest absolute Gasteiger partial charge is 0.482 e. The van der Waals surface area contributed by atoms with E-state index in [-0.39, 0.29) is 12.4 Å². The number of nitrogens with zero attached hydrogens (tertiary/aromatic N) is 2. The van der Waals surface area contributed by atoms with Crippen molar-refractivity contribution in [2.45, 2.75) is 18.9 Å². The maximum atomic E-state index is 13.1. The van der Waals surface area contributed by atoms with Crippen LogP contribution in [0.4, 0.5) is 8.78 Å². The van der Waals surface area contributed by atoms with E-state index in [0.29, 0.717) is 23.4 Å². The van der Waals surface area contributed by atoms with Gasteiger partial charge in [0.05, 0.1) is 0 Å². The third-order valence-electron chi connectivity index (χ3n) is 2.57. The lowest BCUT2D eigenvalue weighted by Gasteiger charge is -2.16. The van der Waals surface area contributed by atoms with Gasteiger partial charge in [-0.2, -0.15) is 0 Å². The van der Waals surface area contributed by atoms with Gasteiger partial charge in [0.15, 0.2) is 23.6 Å². The van der Waals surface area contributed by atoms with Gasteiger partial charge in [-0.1, -0.05) is 0 Å². The summed E-state index contributed by atoms with van der Waals surface area (Å²) in [6.07, 6.45) is 0.398. The summed E-state index contributed by atoms with van der Waals surface area (Å²) in [7, 11) is 0. The second-order valence-electron chi connectivity index (χ2n) is 4.04. The van der Waals surface area contributed by atoms with Crippen LogP contribution < -0.4 is 4.74 Å². The van der Waals surface area contributed by atoms with Crippen molar-refractivity contribution in [3.8, 4) is 5.75 Å². The van der Waals surface area contributed by atoms with E-state index in [1.54, 1.807) is 0 Å². The van der Waals surface area contributed by atoms with Gasteiger partial charge in [0.25, 0.3) is 0 Å². The Morgan fingerprint density at radius 2 is 2.15 bits per heavy atom. The van der Waals surface area contributed by atoms with Crippen molar-refractivity contribution in [3.05, 3.63) is 40.4 Å². The van der Waals surface area contributed by atoms with Crippen LogP contribution in [0.2, 0.25) is 0 Å². The molecular formula is C12H12BrF2N3O2. The van der Waals surface area contributed by atoms with Crippen LogP contribution in [0.25, 0.3) is 0 Å². The van der Waals surface area contributed by atoms with E-state index in [0.717, 1.165) is 12.1 Å². The first-order chi connectivity index (χ1) is 9.60. The second kappa shape index (κ2) is 6.76. The summed E-state index contributed by atoms with van der Waals surface area (Å²) in [4.78, 5) is 4.08. The fourth-order valence-electron chi connectivity index (χ4n) is 1.64. The highest BCUT2D eigenvalue weighted by atomic mass is 79.9. The molecule has 0 aliphatic rings. The lowest BCUT2D eigenvalue weighted by atomic mass is 10.2. The number of aliphatic hydroxyl groups excluding tert-OH is 1. The summed E-state index contributed by atoms with van der Waals surface area (Å²) in [5, 5.41) is 15.4. The molecule has 1 aromatic heterocycles. The van der Waals surface area contributed by atoms with Crippen molar-refractivity contribution >= 4 is 15.9 Å². The Hall–Kier alpha value is -1.54. The van der Waals surface area contributed by atoms with Gasteiger partial charge in [0.1, 0.15) is 5.75 Å². The molecule has 2 rings (SSSR count). The van der Waals surface area contributed by atoms with E-state index in [9.17, 15) is 8.78 Å². The Morgan fingerprint density at radius 1 is 1.35 bits per heavy atom. The van der Waals surface area contributed by atoms with Crippen LogP contribution in [-0.4, -0.2) is 26.9 Å². The van der Waals surface area contributed by atoms with E-state index in [4.69, 9.17) is 9.84 Å². The highest BCUT2D eigenvalue weighted by Crippen LogP contribution is 2.25. The first-order valence-corrected chi connectivity index (χ1v) is 6.70. The highest BCUT2D eigenvalue weighted by Gasteiger charge is 2.18. The molecule has 5 nitrogen and oxygen atoms in total. The summed E-state index contributed by atoms with van der Waals surface area (Å²) < 4.78 is 32.0. The second-order valence-corrected chi connectivity index (χ2v) is 4.75. The zero-order valence-corrected chi connectivity index (χ0v) is 11.9. The van der Waals surface area contributed by atoms with Gasteiger partial charge < -0.3 is 9.84 Å². The smallest absolute Gasteiger partial charge is 0.217 e. The van der Waals surface area contributed by atoms with Gasteiger partial charge >= 0.3 is 0 Å². The molecule has 0 fully saturated rings. The minimum Gasteiger partial charge on any atom is -0.482 e. The van der Waals surface area contributed by atoms with Crippen LogP contribution in [0.1, 0.15) is 24.8 Å². The van der Waals surface area contributed by atoms with E-state index in [2.05, 4.69) is 31.1 Å². The lowest BCUT2D eigenvalue weighted by Crippen LogP contribution is -2.11. The molecule has 0 spiro atoms. The molecule has 1 unspecified atom stereocenters. The average molecular weight is 348 g/mol. The fourth-order valence-corrected chi connectivity index (χ4v) is 1.92. The maximum absolute atomic E-state index is 13.1. The lowest BCUT2D eigenvalue weighted by molar-refractivity contribution is 0.166. The molecule has 0 aliphatic carbocycles. The molecule has 1 atom stereocenters. The summed E-state index contributed by atoms with van der Waals surface area (Å²) >= 11 is 3.11. The van der Waals surface area contributed by atoms with Crippen molar-refractivity contribution in [3.63, 3.8) is 0 Å². The van der Waals surface area contributed by atoms with Crippen LogP contribution in [-0.2, 0) is 0 Å². The van der Waals surface area contributed by atoms with Gasteiger partial charge in [0.2, 0.25) is 4.73 Å². The Kier molecular flexibility index (Phi) is 5.02. The number of hydrogen-bond donors (Lipinski definition) is 2. The normalized spacial score (nSPS) is 12.4. The molecule has 20 heavy (non-hydrogen) atoms. The molecule has 108 valence electrons. The molecule has 0 amide bonds. The maximum Gasteiger partial charge on any atom is 0.217 e. The quantitative estimate of drug-likeness (QED) is 0.842. The number of nitrogens with one attached hydrogen (secondary N) is 1. The Labute approximate surface area is 122 Å².